The predicted octanol–water partition coefficient (Wildman–Crippen LogP) is 2.85. The third kappa shape index (κ3) is 4.42. The summed E-state index contributed by atoms with van der Waals surface area (Å²) in [6.07, 6.45) is -0.178. The van der Waals surface area contributed by atoms with E-state index < -0.39 is 24.4 Å². The lowest BCUT2D eigenvalue weighted by Gasteiger charge is -2.12. The van der Waals surface area contributed by atoms with Crippen molar-refractivity contribution < 1.29 is 24.1 Å². The standard InChI is InChI=1S/C19H15ClFN3O4/c20-11-5-12(21)7-14(6-11)28-13-3-1-10(2-4-13)19-23-8-15(18(22)27)17(24-19)16(26)9-25/h1-8,16,25-26H,9H2,(H2,22,27)/t16-/m0/s1. The Balaban J connectivity index is 1.87. The lowest BCUT2D eigenvalue weighted by atomic mass is 10.1. The van der Waals surface area contributed by atoms with Crippen LogP contribution in [0, 0.1) is 5.82 Å². The van der Waals surface area contributed by atoms with Crippen LogP contribution in [0.5, 0.6) is 11.5 Å². The first kappa shape index (κ1) is 19.7. The van der Waals surface area contributed by atoms with Crippen molar-refractivity contribution in [3.05, 3.63) is 70.8 Å². The number of amides is 1. The summed E-state index contributed by atoms with van der Waals surface area (Å²) in [6.45, 7) is -0.625. The Morgan fingerprint density at radius 3 is 2.54 bits per heavy atom. The van der Waals surface area contributed by atoms with Crippen molar-refractivity contribution in [1.29, 1.82) is 0 Å². The zero-order chi connectivity index (χ0) is 20.3. The summed E-state index contributed by atoms with van der Waals surface area (Å²) in [6, 6.07) is 10.4. The SMILES string of the molecule is NC(=O)c1cnc(-c2ccc(Oc3cc(F)cc(Cl)c3)cc2)nc1[C@@H](O)CO. The number of hydrogen-bond donors (Lipinski definition) is 3. The molecule has 4 N–H and O–H groups in total. The molecular weight excluding hydrogens is 389 g/mol. The number of aliphatic hydroxyl groups excluding tert-OH is 2. The van der Waals surface area contributed by atoms with E-state index in [0.29, 0.717) is 11.3 Å². The minimum Gasteiger partial charge on any atom is -0.457 e. The molecular formula is C19H15ClFN3O4. The van der Waals surface area contributed by atoms with E-state index in [1.54, 1.807) is 24.3 Å². The Labute approximate surface area is 164 Å². The van der Waals surface area contributed by atoms with Gasteiger partial charge >= 0.3 is 0 Å². The third-order valence-corrected chi connectivity index (χ3v) is 3.97. The second kappa shape index (κ2) is 8.30. The molecule has 0 unspecified atom stereocenters. The fourth-order valence-corrected chi connectivity index (χ4v) is 2.67. The summed E-state index contributed by atoms with van der Waals surface area (Å²) < 4.78 is 18.9. The Hall–Kier alpha value is -3.07. The third-order valence-electron chi connectivity index (χ3n) is 3.76. The zero-order valence-corrected chi connectivity index (χ0v) is 15.1. The van der Waals surface area contributed by atoms with Crippen molar-refractivity contribution in [3.8, 4) is 22.9 Å². The van der Waals surface area contributed by atoms with E-state index in [4.69, 9.17) is 27.2 Å². The van der Waals surface area contributed by atoms with Crippen LogP contribution in [0.2, 0.25) is 5.02 Å². The lowest BCUT2D eigenvalue weighted by Crippen LogP contribution is -2.19. The van der Waals surface area contributed by atoms with E-state index in [1.807, 2.05) is 0 Å². The van der Waals surface area contributed by atoms with Gasteiger partial charge in [-0.05, 0) is 36.4 Å². The number of ether oxygens (including phenoxy) is 1. The van der Waals surface area contributed by atoms with Crippen LogP contribution in [0.15, 0.2) is 48.7 Å². The van der Waals surface area contributed by atoms with Gasteiger partial charge in [0.05, 0.1) is 17.9 Å². The number of carbonyl (C=O) groups excluding carboxylic acids is 1. The maximum atomic E-state index is 13.4. The van der Waals surface area contributed by atoms with E-state index in [0.717, 1.165) is 0 Å². The first-order chi connectivity index (χ1) is 13.4. The predicted molar refractivity (Wildman–Crippen MR) is 99.5 cm³/mol. The summed E-state index contributed by atoms with van der Waals surface area (Å²) in [5.74, 6) is -0.445. The highest BCUT2D eigenvalue weighted by atomic mass is 35.5. The van der Waals surface area contributed by atoms with Gasteiger partial charge in [0.2, 0.25) is 0 Å². The normalized spacial score (nSPS) is 11.9. The number of nitrogens with two attached hydrogens (primary N) is 1. The second-order valence-corrected chi connectivity index (χ2v) is 6.22. The van der Waals surface area contributed by atoms with Gasteiger partial charge in [-0.3, -0.25) is 4.79 Å². The lowest BCUT2D eigenvalue weighted by molar-refractivity contribution is 0.0879. The summed E-state index contributed by atoms with van der Waals surface area (Å²) in [5, 5.41) is 19.2. The van der Waals surface area contributed by atoms with E-state index in [1.165, 1.54) is 24.4 Å². The van der Waals surface area contributed by atoms with Gasteiger partial charge in [-0.1, -0.05) is 11.6 Å². The number of rotatable bonds is 6. The molecule has 0 spiro atoms. The largest absolute Gasteiger partial charge is 0.457 e. The molecule has 0 aliphatic carbocycles. The van der Waals surface area contributed by atoms with Crippen LogP contribution >= 0.6 is 11.6 Å². The first-order valence-electron chi connectivity index (χ1n) is 8.07. The van der Waals surface area contributed by atoms with Crippen molar-refractivity contribution in [1.82, 2.24) is 9.97 Å². The zero-order valence-electron chi connectivity index (χ0n) is 14.3. The monoisotopic (exact) mass is 403 g/mol. The van der Waals surface area contributed by atoms with Gasteiger partial charge in [-0.25, -0.2) is 14.4 Å². The summed E-state index contributed by atoms with van der Waals surface area (Å²) in [5.41, 5.74) is 5.67. The molecule has 7 nitrogen and oxygen atoms in total. The van der Waals surface area contributed by atoms with Crippen LogP contribution in [0.4, 0.5) is 4.39 Å². The van der Waals surface area contributed by atoms with Crippen LogP contribution in [0.1, 0.15) is 22.2 Å². The van der Waals surface area contributed by atoms with E-state index in [-0.39, 0.29) is 27.9 Å². The van der Waals surface area contributed by atoms with Gasteiger partial charge in [0.15, 0.2) is 5.82 Å². The first-order valence-corrected chi connectivity index (χ1v) is 8.45. The van der Waals surface area contributed by atoms with Crippen molar-refractivity contribution in [2.75, 3.05) is 6.61 Å². The molecule has 9 heteroatoms. The molecule has 0 bridgehead atoms. The van der Waals surface area contributed by atoms with E-state index in [9.17, 15) is 14.3 Å². The fourth-order valence-electron chi connectivity index (χ4n) is 2.46. The average molecular weight is 404 g/mol. The Bertz CT molecular complexity index is 994. The maximum absolute atomic E-state index is 13.4. The van der Waals surface area contributed by atoms with Crippen molar-refractivity contribution >= 4 is 17.5 Å². The van der Waals surface area contributed by atoms with Gasteiger partial charge in [-0.2, -0.15) is 0 Å². The summed E-state index contributed by atoms with van der Waals surface area (Å²) >= 11 is 5.80. The summed E-state index contributed by atoms with van der Waals surface area (Å²) in [4.78, 5) is 19.7. The van der Waals surface area contributed by atoms with Crippen molar-refractivity contribution in [3.63, 3.8) is 0 Å². The highest BCUT2D eigenvalue weighted by molar-refractivity contribution is 6.30. The number of nitrogens with zero attached hydrogens (tertiary/aromatic N) is 2. The Morgan fingerprint density at radius 1 is 1.21 bits per heavy atom. The molecule has 0 saturated carbocycles. The van der Waals surface area contributed by atoms with Crippen LogP contribution in [0.25, 0.3) is 11.4 Å². The Morgan fingerprint density at radius 2 is 1.93 bits per heavy atom. The van der Waals surface area contributed by atoms with E-state index >= 15 is 0 Å². The van der Waals surface area contributed by atoms with E-state index in [2.05, 4.69) is 9.97 Å². The molecule has 0 fully saturated rings. The highest BCUT2D eigenvalue weighted by Gasteiger charge is 2.19. The molecule has 3 aromatic rings. The molecule has 1 atom stereocenters. The summed E-state index contributed by atoms with van der Waals surface area (Å²) in [7, 11) is 0. The number of benzene rings is 2. The van der Waals surface area contributed by atoms with Crippen LogP contribution in [-0.2, 0) is 0 Å². The van der Waals surface area contributed by atoms with Crippen molar-refractivity contribution in [2.45, 2.75) is 6.10 Å². The molecule has 1 amide bonds. The highest BCUT2D eigenvalue weighted by Crippen LogP contribution is 2.28. The quantitative estimate of drug-likeness (QED) is 0.582. The number of halogens is 2. The number of hydrogen-bond acceptors (Lipinski definition) is 6. The number of carbonyl (C=O) groups is 1. The van der Waals surface area contributed by atoms with Gasteiger partial charge in [0, 0.05) is 22.8 Å². The molecule has 2 aromatic carbocycles. The minimum absolute atomic E-state index is 0.0604. The second-order valence-electron chi connectivity index (χ2n) is 5.79. The number of primary amides is 1. The molecule has 0 saturated heterocycles. The minimum atomic E-state index is -1.37. The van der Waals surface area contributed by atoms with Crippen LogP contribution in [-0.4, -0.2) is 32.7 Å². The fraction of sp³-hybridized carbons (Fsp3) is 0.105. The van der Waals surface area contributed by atoms with Gasteiger partial charge in [0.25, 0.3) is 5.91 Å². The van der Waals surface area contributed by atoms with Gasteiger partial charge in [-0.15, -0.1) is 0 Å². The molecule has 144 valence electrons. The van der Waals surface area contributed by atoms with Crippen LogP contribution < -0.4 is 10.5 Å². The molecule has 1 aromatic heterocycles. The molecule has 0 aliphatic rings. The van der Waals surface area contributed by atoms with Gasteiger partial charge < -0.3 is 20.7 Å². The van der Waals surface area contributed by atoms with Crippen molar-refractivity contribution in [2.24, 2.45) is 5.73 Å². The molecule has 0 aliphatic heterocycles. The number of aliphatic hydroxyl groups is 2. The maximum Gasteiger partial charge on any atom is 0.252 e. The average Bonchev–Trinajstić information content (AvgIpc) is 2.66. The van der Waals surface area contributed by atoms with Crippen LogP contribution in [0.3, 0.4) is 0 Å². The van der Waals surface area contributed by atoms with Gasteiger partial charge in [0.1, 0.15) is 23.4 Å². The molecule has 3 rings (SSSR count). The molecule has 28 heavy (non-hydrogen) atoms. The molecule has 0 radical (unpaired) electrons. The topological polar surface area (TPSA) is 119 Å². The smallest absolute Gasteiger partial charge is 0.252 e. The number of aromatic nitrogens is 2. The Kier molecular flexibility index (Phi) is 5.84. The molecule has 1 heterocycles.